The highest BCUT2D eigenvalue weighted by Crippen LogP contribution is 2.13. The summed E-state index contributed by atoms with van der Waals surface area (Å²) in [7, 11) is 1.01. The molecular weight excluding hydrogens is 212 g/mol. The number of phenols is 1. The molecule has 0 atom stereocenters. The van der Waals surface area contributed by atoms with Gasteiger partial charge in [-0.15, -0.1) is 0 Å². The van der Waals surface area contributed by atoms with Crippen LogP contribution in [0.4, 0.5) is 0 Å². The van der Waals surface area contributed by atoms with Crippen LogP contribution >= 0.6 is 10.7 Å². The Morgan fingerprint density at radius 2 is 1.92 bits per heavy atom. The van der Waals surface area contributed by atoms with E-state index in [0.717, 1.165) is 0 Å². The summed E-state index contributed by atoms with van der Waals surface area (Å²) in [6.07, 6.45) is 0. The summed E-state index contributed by atoms with van der Waals surface area (Å²) in [5, 5.41) is 11.0. The molecule has 0 saturated carbocycles. The first-order chi connectivity index (χ1) is 5.99. The van der Waals surface area contributed by atoms with Crippen molar-refractivity contribution in [3.05, 3.63) is 29.8 Å². The molecule has 68 valence electrons. The van der Waals surface area contributed by atoms with Crippen LogP contribution in [-0.2, 0) is 9.05 Å². The maximum Gasteiger partial charge on any atom is 0.301 e. The molecule has 0 fully saturated rings. The van der Waals surface area contributed by atoms with Crippen LogP contribution in [0.25, 0.3) is 0 Å². The average Bonchev–Trinajstić information content (AvgIpc) is 2.01. The molecule has 0 heterocycles. The molecule has 0 amide bonds. The molecule has 0 unspecified atom stereocenters. The maximum absolute atomic E-state index is 10.4. The molecule has 0 aliphatic carbocycles. The van der Waals surface area contributed by atoms with Crippen LogP contribution in [-0.4, -0.2) is 13.5 Å². The number of halogens is 1. The largest absolute Gasteiger partial charge is 0.507 e. The molecule has 1 aromatic carbocycles. The Hall–Kier alpha value is -1.18. The Labute approximate surface area is 80.4 Å². The second-order valence-corrected chi connectivity index (χ2v) is 4.48. The van der Waals surface area contributed by atoms with E-state index in [1.54, 1.807) is 17.4 Å². The van der Waals surface area contributed by atoms with E-state index in [-0.39, 0.29) is 11.3 Å². The van der Waals surface area contributed by atoms with E-state index in [9.17, 15) is 8.42 Å². The summed E-state index contributed by atoms with van der Waals surface area (Å²) in [5.41, 5.74) is 0.228. The minimum Gasteiger partial charge on any atom is -0.507 e. The number of rotatable bonds is 0. The van der Waals surface area contributed by atoms with Crippen molar-refractivity contribution in [1.29, 1.82) is 0 Å². The van der Waals surface area contributed by atoms with E-state index in [1.807, 2.05) is 0 Å². The minimum atomic E-state index is -3.84. The van der Waals surface area contributed by atoms with Crippen molar-refractivity contribution in [1.82, 2.24) is 0 Å². The van der Waals surface area contributed by atoms with Crippen LogP contribution in [0.3, 0.4) is 0 Å². The average molecular weight is 217 g/mol. The highest BCUT2D eigenvalue weighted by atomic mass is 35.7. The molecule has 0 aliphatic rings. The van der Waals surface area contributed by atoms with Gasteiger partial charge in [0.25, 0.3) is 0 Å². The smallest absolute Gasteiger partial charge is 0.301 e. The third kappa shape index (κ3) is 3.36. The first-order valence-corrected chi connectivity index (χ1v) is 5.55. The fourth-order valence-corrected chi connectivity index (χ4v) is 1.04. The fourth-order valence-electron chi connectivity index (χ4n) is 0.695. The molecule has 3 nitrogen and oxygen atoms in total. The Bertz CT molecular complexity index is 468. The number of hydrogen-bond acceptors (Lipinski definition) is 3. The Kier molecular flexibility index (Phi) is 2.81. The third-order valence-electron chi connectivity index (χ3n) is 1.21. The van der Waals surface area contributed by atoms with Crippen LogP contribution < -0.4 is 0 Å². The van der Waals surface area contributed by atoms with Gasteiger partial charge in [-0.25, -0.2) is 0 Å². The van der Waals surface area contributed by atoms with Crippen molar-refractivity contribution in [3.63, 3.8) is 0 Å². The lowest BCUT2D eigenvalue weighted by molar-refractivity contribution is 0.474. The van der Waals surface area contributed by atoms with E-state index in [0.29, 0.717) is 0 Å². The third-order valence-corrected chi connectivity index (χ3v) is 1.79. The first kappa shape index (κ1) is 9.90. The van der Waals surface area contributed by atoms with Crippen molar-refractivity contribution in [2.45, 2.75) is 0 Å². The van der Waals surface area contributed by atoms with Gasteiger partial charge in [-0.1, -0.05) is 12.1 Å². The van der Waals surface area contributed by atoms with Crippen LogP contribution in [0, 0.1) is 11.2 Å². The summed E-state index contributed by atoms with van der Waals surface area (Å²) in [5.74, 6) is 2.16. The van der Waals surface area contributed by atoms with Crippen molar-refractivity contribution in [2.24, 2.45) is 0 Å². The number of phenolic OH excluding ortho intramolecular Hbond substituents is 1. The molecule has 1 N–H and O–H groups in total. The quantitative estimate of drug-likeness (QED) is 0.525. The van der Waals surface area contributed by atoms with Gasteiger partial charge in [0.15, 0.2) is 0 Å². The van der Waals surface area contributed by atoms with Crippen molar-refractivity contribution < 1.29 is 13.5 Å². The van der Waals surface area contributed by atoms with Gasteiger partial charge in [0.2, 0.25) is 0 Å². The van der Waals surface area contributed by atoms with Crippen molar-refractivity contribution in [2.75, 3.05) is 0 Å². The van der Waals surface area contributed by atoms with Gasteiger partial charge < -0.3 is 5.11 Å². The van der Waals surface area contributed by atoms with Crippen LogP contribution in [0.5, 0.6) is 5.75 Å². The lowest BCUT2D eigenvalue weighted by Crippen LogP contribution is -1.81. The van der Waals surface area contributed by atoms with E-state index < -0.39 is 9.05 Å². The van der Waals surface area contributed by atoms with Gasteiger partial charge >= 0.3 is 9.05 Å². The van der Waals surface area contributed by atoms with Gasteiger partial charge in [-0.3, -0.25) is 0 Å². The zero-order valence-electron chi connectivity index (χ0n) is 6.36. The van der Waals surface area contributed by atoms with Crippen LogP contribution in [0.1, 0.15) is 5.56 Å². The van der Waals surface area contributed by atoms with Gasteiger partial charge in [-0.2, -0.15) is 8.42 Å². The van der Waals surface area contributed by atoms with Gasteiger partial charge in [0.1, 0.15) is 5.75 Å². The van der Waals surface area contributed by atoms with Gasteiger partial charge in [-0.05, 0) is 18.1 Å². The summed E-state index contributed by atoms with van der Waals surface area (Å²) in [6, 6.07) is 6.13. The Morgan fingerprint density at radius 1 is 1.31 bits per heavy atom. The lowest BCUT2D eigenvalue weighted by Gasteiger charge is -1.92. The van der Waals surface area contributed by atoms with E-state index in [4.69, 9.17) is 15.8 Å². The molecule has 1 rings (SSSR count). The zero-order valence-corrected chi connectivity index (χ0v) is 7.93. The second kappa shape index (κ2) is 3.69. The topological polar surface area (TPSA) is 54.4 Å². The highest BCUT2D eigenvalue weighted by molar-refractivity contribution is 8.17. The van der Waals surface area contributed by atoms with Gasteiger partial charge in [0, 0.05) is 15.9 Å². The number of para-hydroxylation sites is 1. The molecule has 0 radical (unpaired) electrons. The highest BCUT2D eigenvalue weighted by Gasteiger charge is 1.98. The van der Waals surface area contributed by atoms with Gasteiger partial charge in [0.05, 0.1) is 5.56 Å². The molecule has 13 heavy (non-hydrogen) atoms. The number of aromatic hydroxyl groups is 1. The first-order valence-electron chi connectivity index (χ1n) is 3.24. The van der Waals surface area contributed by atoms with Crippen molar-refractivity contribution in [3.8, 4) is 16.9 Å². The number of hydrogen-bond donors (Lipinski definition) is 1. The Morgan fingerprint density at radius 3 is 2.46 bits per heavy atom. The normalized spacial score (nSPS) is 10.2. The molecule has 0 saturated heterocycles. The van der Waals surface area contributed by atoms with E-state index in [2.05, 4.69) is 5.92 Å². The van der Waals surface area contributed by atoms with Crippen molar-refractivity contribution >= 4 is 19.7 Å². The number of benzene rings is 1. The van der Waals surface area contributed by atoms with Crippen LogP contribution in [0.2, 0.25) is 0 Å². The molecule has 1 aromatic rings. The Balaban J connectivity index is 3.11. The summed E-state index contributed by atoms with van der Waals surface area (Å²) < 4.78 is 20.9. The standard InChI is InChI=1S/C8H5ClO3S/c9-13(11,12)6-5-7-3-1-2-4-8(7)10/h1-4,10H. The summed E-state index contributed by atoms with van der Waals surface area (Å²) in [4.78, 5) is 0. The SMILES string of the molecule is O=S(=O)(Cl)C#Cc1ccccc1O. The predicted octanol–water partition coefficient (Wildman–Crippen LogP) is 1.27. The minimum absolute atomic E-state index is 0.0738. The lowest BCUT2D eigenvalue weighted by atomic mass is 10.2. The van der Waals surface area contributed by atoms with Crippen LogP contribution in [0.15, 0.2) is 24.3 Å². The predicted molar refractivity (Wildman–Crippen MR) is 49.8 cm³/mol. The molecule has 0 spiro atoms. The molecule has 5 heteroatoms. The molecule has 0 bridgehead atoms. The van der Waals surface area contributed by atoms with E-state index >= 15 is 0 Å². The monoisotopic (exact) mass is 216 g/mol. The zero-order chi connectivity index (χ0) is 9.90. The maximum atomic E-state index is 10.4. The second-order valence-electron chi connectivity index (χ2n) is 2.18. The molecule has 0 aliphatic heterocycles. The molecular formula is C8H5ClO3S. The van der Waals surface area contributed by atoms with E-state index in [1.165, 1.54) is 12.1 Å². The summed E-state index contributed by atoms with van der Waals surface area (Å²) >= 11 is 0. The molecule has 0 aromatic heterocycles. The summed E-state index contributed by atoms with van der Waals surface area (Å²) in [6.45, 7) is 0. The fraction of sp³-hybridized carbons (Fsp3) is 0.